The van der Waals surface area contributed by atoms with Crippen molar-refractivity contribution in [2.75, 3.05) is 13.6 Å². The SMILES string of the molecule is CN1CCCC[C@@H]1Cn1cccc(C(F)(F)F)c1=O. The molecule has 0 bridgehead atoms. The Bertz CT molecular complexity index is 495. The Labute approximate surface area is 109 Å². The van der Waals surface area contributed by atoms with Crippen LogP contribution in [0.3, 0.4) is 0 Å². The Morgan fingerprint density at radius 1 is 1.37 bits per heavy atom. The second-order valence-corrected chi connectivity index (χ2v) is 5.01. The first-order valence-corrected chi connectivity index (χ1v) is 6.36. The van der Waals surface area contributed by atoms with Crippen molar-refractivity contribution in [2.45, 2.75) is 38.0 Å². The van der Waals surface area contributed by atoms with E-state index in [9.17, 15) is 18.0 Å². The monoisotopic (exact) mass is 274 g/mol. The topological polar surface area (TPSA) is 25.2 Å². The Balaban J connectivity index is 2.24. The zero-order valence-electron chi connectivity index (χ0n) is 10.8. The highest BCUT2D eigenvalue weighted by atomic mass is 19.4. The molecule has 0 N–H and O–H groups in total. The Morgan fingerprint density at radius 3 is 2.74 bits per heavy atom. The van der Waals surface area contributed by atoms with Crippen LogP contribution in [0.2, 0.25) is 0 Å². The second-order valence-electron chi connectivity index (χ2n) is 5.01. The quantitative estimate of drug-likeness (QED) is 0.827. The molecule has 1 aliphatic rings. The summed E-state index contributed by atoms with van der Waals surface area (Å²) in [7, 11) is 1.95. The predicted octanol–water partition coefficient (Wildman–Crippen LogP) is 2.35. The Morgan fingerprint density at radius 2 is 2.11 bits per heavy atom. The number of nitrogens with zero attached hydrogens (tertiary/aromatic N) is 2. The number of hydrogen-bond donors (Lipinski definition) is 0. The highest BCUT2D eigenvalue weighted by Crippen LogP contribution is 2.26. The number of halogens is 3. The molecule has 2 heterocycles. The van der Waals surface area contributed by atoms with Gasteiger partial charge in [0, 0.05) is 18.8 Å². The van der Waals surface area contributed by atoms with Gasteiger partial charge in [-0.25, -0.2) is 0 Å². The van der Waals surface area contributed by atoms with E-state index in [1.54, 1.807) is 0 Å². The Hall–Kier alpha value is -1.30. The highest BCUT2D eigenvalue weighted by Gasteiger charge is 2.34. The van der Waals surface area contributed by atoms with Gasteiger partial charge < -0.3 is 9.47 Å². The van der Waals surface area contributed by atoms with Gasteiger partial charge >= 0.3 is 6.18 Å². The van der Waals surface area contributed by atoms with Gasteiger partial charge in [-0.05, 0) is 38.6 Å². The minimum absolute atomic E-state index is 0.134. The molecule has 0 aromatic carbocycles. The molecule has 0 spiro atoms. The number of alkyl halides is 3. The number of pyridine rings is 1. The third kappa shape index (κ3) is 3.18. The Kier molecular flexibility index (Phi) is 3.99. The minimum atomic E-state index is -4.58. The fourth-order valence-electron chi connectivity index (χ4n) is 2.50. The smallest absolute Gasteiger partial charge is 0.313 e. The summed E-state index contributed by atoms with van der Waals surface area (Å²) in [6.45, 7) is 1.25. The molecule has 106 valence electrons. The largest absolute Gasteiger partial charge is 0.421 e. The summed E-state index contributed by atoms with van der Waals surface area (Å²) in [6, 6.07) is 2.26. The molecule has 0 saturated carbocycles. The number of rotatable bonds is 2. The van der Waals surface area contributed by atoms with E-state index in [2.05, 4.69) is 4.90 Å². The maximum Gasteiger partial charge on any atom is 0.421 e. The van der Waals surface area contributed by atoms with Crippen LogP contribution in [0.15, 0.2) is 23.1 Å². The number of piperidine rings is 1. The zero-order valence-corrected chi connectivity index (χ0v) is 10.8. The van der Waals surface area contributed by atoms with Crippen LogP contribution in [0.4, 0.5) is 13.2 Å². The van der Waals surface area contributed by atoms with Crippen molar-refractivity contribution >= 4 is 0 Å². The van der Waals surface area contributed by atoms with E-state index in [0.29, 0.717) is 6.54 Å². The molecule has 2 rings (SSSR count). The molecule has 1 atom stereocenters. The van der Waals surface area contributed by atoms with Gasteiger partial charge in [0.2, 0.25) is 0 Å². The van der Waals surface area contributed by atoms with Crippen LogP contribution in [0.25, 0.3) is 0 Å². The van der Waals surface area contributed by atoms with Crippen LogP contribution in [-0.2, 0) is 12.7 Å². The first-order valence-electron chi connectivity index (χ1n) is 6.36. The minimum Gasteiger partial charge on any atom is -0.313 e. The molecule has 1 aromatic heterocycles. The van der Waals surface area contributed by atoms with Crippen molar-refractivity contribution in [1.82, 2.24) is 9.47 Å². The summed E-state index contributed by atoms with van der Waals surface area (Å²) < 4.78 is 39.2. The van der Waals surface area contributed by atoms with Crippen LogP contribution in [-0.4, -0.2) is 29.1 Å². The molecule has 1 fully saturated rings. The van der Waals surface area contributed by atoms with Crippen LogP contribution < -0.4 is 5.56 Å². The molecule has 6 heteroatoms. The summed E-state index contributed by atoms with van der Waals surface area (Å²) in [4.78, 5) is 13.9. The van der Waals surface area contributed by atoms with Crippen molar-refractivity contribution in [2.24, 2.45) is 0 Å². The van der Waals surface area contributed by atoms with Gasteiger partial charge in [0.15, 0.2) is 0 Å². The molecule has 0 radical (unpaired) electrons. The summed E-state index contributed by atoms with van der Waals surface area (Å²) in [5, 5.41) is 0. The summed E-state index contributed by atoms with van der Waals surface area (Å²) in [5.74, 6) is 0. The van der Waals surface area contributed by atoms with Crippen molar-refractivity contribution in [3.05, 3.63) is 34.2 Å². The number of hydrogen-bond acceptors (Lipinski definition) is 2. The van der Waals surface area contributed by atoms with E-state index in [0.717, 1.165) is 31.9 Å². The molecule has 0 unspecified atom stereocenters. The van der Waals surface area contributed by atoms with E-state index in [1.165, 1.54) is 16.8 Å². The zero-order chi connectivity index (χ0) is 14.0. The van der Waals surface area contributed by atoms with Gasteiger partial charge in [0.1, 0.15) is 5.56 Å². The summed E-state index contributed by atoms with van der Waals surface area (Å²) in [6.07, 6.45) is -0.0784. The van der Waals surface area contributed by atoms with E-state index < -0.39 is 17.3 Å². The van der Waals surface area contributed by atoms with E-state index in [1.807, 2.05) is 7.05 Å². The van der Waals surface area contributed by atoms with E-state index in [4.69, 9.17) is 0 Å². The number of aromatic nitrogens is 1. The third-order valence-electron chi connectivity index (χ3n) is 3.65. The van der Waals surface area contributed by atoms with Gasteiger partial charge in [0.25, 0.3) is 5.56 Å². The maximum atomic E-state index is 12.7. The normalized spacial score (nSPS) is 21.6. The van der Waals surface area contributed by atoms with Crippen molar-refractivity contribution in [1.29, 1.82) is 0 Å². The van der Waals surface area contributed by atoms with Crippen molar-refractivity contribution in [3.63, 3.8) is 0 Å². The number of likely N-dealkylation sites (N-methyl/N-ethyl adjacent to an activating group) is 1. The fraction of sp³-hybridized carbons (Fsp3) is 0.615. The lowest BCUT2D eigenvalue weighted by Crippen LogP contribution is -2.41. The van der Waals surface area contributed by atoms with Gasteiger partial charge in [-0.1, -0.05) is 6.42 Å². The van der Waals surface area contributed by atoms with Gasteiger partial charge in [0.05, 0.1) is 0 Å². The van der Waals surface area contributed by atoms with Crippen molar-refractivity contribution in [3.8, 4) is 0 Å². The lowest BCUT2D eigenvalue weighted by atomic mass is 10.0. The molecule has 0 aliphatic carbocycles. The maximum absolute atomic E-state index is 12.7. The number of likely N-dealkylation sites (tertiary alicyclic amines) is 1. The van der Waals surface area contributed by atoms with Crippen LogP contribution in [0, 0.1) is 0 Å². The van der Waals surface area contributed by atoms with Gasteiger partial charge in [-0.2, -0.15) is 13.2 Å². The standard InChI is InChI=1S/C13H17F3N2O/c1-17-7-3-2-5-10(17)9-18-8-4-6-11(12(18)19)13(14,15)16/h4,6,8,10H,2-3,5,7,9H2,1H3/t10-/m1/s1. The van der Waals surface area contributed by atoms with Crippen LogP contribution in [0.1, 0.15) is 24.8 Å². The van der Waals surface area contributed by atoms with Crippen molar-refractivity contribution < 1.29 is 13.2 Å². The van der Waals surface area contributed by atoms with Crippen LogP contribution in [0.5, 0.6) is 0 Å². The highest BCUT2D eigenvalue weighted by molar-refractivity contribution is 5.14. The predicted molar refractivity (Wildman–Crippen MR) is 66.0 cm³/mol. The lowest BCUT2D eigenvalue weighted by Gasteiger charge is -2.32. The summed E-state index contributed by atoms with van der Waals surface area (Å²) in [5.41, 5.74) is -2.04. The van der Waals surface area contributed by atoms with E-state index in [-0.39, 0.29) is 6.04 Å². The molecule has 0 amide bonds. The van der Waals surface area contributed by atoms with Gasteiger partial charge in [-0.3, -0.25) is 4.79 Å². The lowest BCUT2D eigenvalue weighted by molar-refractivity contribution is -0.139. The average molecular weight is 274 g/mol. The first-order chi connectivity index (χ1) is 8.89. The first kappa shape index (κ1) is 14.1. The second kappa shape index (κ2) is 5.36. The third-order valence-corrected chi connectivity index (χ3v) is 3.65. The average Bonchev–Trinajstić information content (AvgIpc) is 2.33. The fourth-order valence-corrected chi connectivity index (χ4v) is 2.50. The summed E-state index contributed by atoms with van der Waals surface area (Å²) >= 11 is 0. The molecular weight excluding hydrogens is 257 g/mol. The molecule has 1 saturated heterocycles. The van der Waals surface area contributed by atoms with Crippen LogP contribution >= 0.6 is 0 Å². The molecule has 19 heavy (non-hydrogen) atoms. The van der Waals surface area contributed by atoms with Gasteiger partial charge in [-0.15, -0.1) is 0 Å². The molecule has 1 aromatic rings. The molecule has 3 nitrogen and oxygen atoms in total. The van der Waals surface area contributed by atoms with E-state index >= 15 is 0 Å². The molecular formula is C13H17F3N2O. The molecule has 1 aliphatic heterocycles.